The first-order chi connectivity index (χ1) is 17.3. The van der Waals surface area contributed by atoms with Gasteiger partial charge >= 0.3 is 11.9 Å². The number of rotatable bonds is 3. The van der Waals surface area contributed by atoms with Crippen LogP contribution in [0.15, 0.2) is 23.0 Å². The van der Waals surface area contributed by atoms with Crippen molar-refractivity contribution in [3.05, 3.63) is 24.2 Å². The van der Waals surface area contributed by atoms with E-state index in [2.05, 4.69) is 0 Å². The molecule has 0 amide bonds. The molecule has 37 heavy (non-hydrogen) atoms. The quantitative estimate of drug-likeness (QED) is 0.392. The summed E-state index contributed by atoms with van der Waals surface area (Å²) in [5, 5.41) is 35.2. The van der Waals surface area contributed by atoms with E-state index in [0.717, 1.165) is 0 Å². The molecule has 6 fully saturated rings. The van der Waals surface area contributed by atoms with Crippen molar-refractivity contribution in [2.24, 2.45) is 34.0 Å². The summed E-state index contributed by atoms with van der Waals surface area (Å²) in [6.45, 7) is 5.44. The molecule has 6 aliphatic rings. The van der Waals surface area contributed by atoms with Gasteiger partial charge < -0.3 is 33.9 Å². The molecule has 10 heteroatoms. The molecule has 200 valence electrons. The fourth-order valence-corrected chi connectivity index (χ4v) is 10.6. The Balaban J connectivity index is 1.45. The number of aliphatic hydroxyl groups is 3. The summed E-state index contributed by atoms with van der Waals surface area (Å²) in [6, 6.07) is 1.74. The zero-order chi connectivity index (χ0) is 26.6. The molecule has 2 bridgehead atoms. The summed E-state index contributed by atoms with van der Waals surface area (Å²) in [7, 11) is 1.17. The number of ketones is 1. The third kappa shape index (κ3) is 2.11. The molecule has 3 heterocycles. The number of ether oxygens (including phenoxy) is 3. The first-order valence-corrected chi connectivity index (χ1v) is 12.9. The van der Waals surface area contributed by atoms with Gasteiger partial charge in [0.2, 0.25) is 0 Å². The topological polar surface area (TPSA) is 156 Å². The smallest absolute Gasteiger partial charge is 0.335 e. The number of furan rings is 1. The van der Waals surface area contributed by atoms with Crippen LogP contribution in [0.2, 0.25) is 0 Å². The van der Waals surface area contributed by atoms with Crippen LogP contribution in [0.25, 0.3) is 0 Å². The summed E-state index contributed by atoms with van der Waals surface area (Å²) in [5.74, 6) is -4.48. The first kappa shape index (κ1) is 23.8. The number of hydrogen-bond donors (Lipinski definition) is 3. The second kappa shape index (κ2) is 6.47. The van der Waals surface area contributed by atoms with Crippen LogP contribution in [0.4, 0.5) is 0 Å². The normalized spacial score (nSPS) is 55.6. The van der Waals surface area contributed by atoms with Crippen LogP contribution in [-0.2, 0) is 28.6 Å². The van der Waals surface area contributed by atoms with Crippen LogP contribution in [0, 0.1) is 34.0 Å². The van der Waals surface area contributed by atoms with Gasteiger partial charge in [-0.1, -0.05) is 20.8 Å². The lowest BCUT2D eigenvalue weighted by Gasteiger charge is -2.54. The third-order valence-electron chi connectivity index (χ3n) is 11.9. The van der Waals surface area contributed by atoms with Gasteiger partial charge in [0, 0.05) is 33.6 Å². The van der Waals surface area contributed by atoms with Crippen LogP contribution in [0.5, 0.6) is 0 Å². The molecule has 12 atom stereocenters. The number of carbonyl (C=O) groups excluding carboxylic acids is 3. The largest absolute Gasteiger partial charge is 0.472 e. The van der Waals surface area contributed by atoms with Gasteiger partial charge in [-0.3, -0.25) is 9.59 Å². The van der Waals surface area contributed by atoms with Crippen molar-refractivity contribution in [2.75, 3.05) is 7.11 Å². The number of methoxy groups -OCH3 is 1. The molecule has 0 unspecified atom stereocenters. The SMILES string of the molecule is COC(=O)[C@@H](O)[C@H]1[C@]2(C)C[C@]3(O)[C@H](C(=O)[C@H]2O)[C@@]24O[C@]25CC(=O)O[C@@H](c2ccoc2)[C@]5(C)CC[C@@H]4[C@@]13C. The minimum absolute atomic E-state index is 0.0107. The zero-order valence-electron chi connectivity index (χ0n) is 21.2. The van der Waals surface area contributed by atoms with Gasteiger partial charge in [-0.15, -0.1) is 0 Å². The summed E-state index contributed by atoms with van der Waals surface area (Å²) in [6.07, 6.45) is 0.133. The van der Waals surface area contributed by atoms with E-state index in [1.54, 1.807) is 19.9 Å². The summed E-state index contributed by atoms with van der Waals surface area (Å²) >= 11 is 0. The Morgan fingerprint density at radius 2 is 1.97 bits per heavy atom. The number of aliphatic hydroxyl groups excluding tert-OH is 2. The minimum atomic E-state index is -1.66. The molecule has 2 saturated heterocycles. The maximum Gasteiger partial charge on any atom is 0.335 e. The summed E-state index contributed by atoms with van der Waals surface area (Å²) < 4.78 is 22.7. The lowest BCUT2D eigenvalue weighted by atomic mass is 9.48. The van der Waals surface area contributed by atoms with Crippen LogP contribution >= 0.6 is 0 Å². The number of epoxide rings is 1. The van der Waals surface area contributed by atoms with Crippen LogP contribution in [0.1, 0.15) is 58.1 Å². The van der Waals surface area contributed by atoms with E-state index in [4.69, 9.17) is 18.6 Å². The Morgan fingerprint density at radius 1 is 1.24 bits per heavy atom. The van der Waals surface area contributed by atoms with Gasteiger partial charge in [-0.2, -0.15) is 0 Å². The molecule has 7 rings (SSSR count). The van der Waals surface area contributed by atoms with Crippen molar-refractivity contribution in [2.45, 2.75) is 81.6 Å². The number of Topliss-reactive ketones (excluding diaryl/α,β-unsaturated/α-hetero) is 1. The second-order valence-corrected chi connectivity index (χ2v) is 12.9. The number of hydrogen-bond acceptors (Lipinski definition) is 10. The Labute approximate surface area is 213 Å². The number of fused-ring (bicyclic) bond motifs is 2. The maximum absolute atomic E-state index is 14.0. The van der Waals surface area contributed by atoms with Crippen LogP contribution in [-0.4, -0.2) is 69.2 Å². The standard InChI is InChI=1S/C27H32O10/c1-22-11-25(33)18(15(29)19(22)31)27-13(24(25,3)17(22)16(30)21(32)34-4)5-7-23(2)20(12-6-8-35-10-12)36-14(28)9-26(23,27)37-27/h6,8,10,13,16-20,30-31,33H,5,7,9,11H2,1-4H3/t13-,16+,17+,18+,19-,20+,22+,23+,24+,25+,26+,27-/m1/s1. The third-order valence-corrected chi connectivity index (χ3v) is 11.9. The van der Waals surface area contributed by atoms with E-state index >= 15 is 0 Å². The fraction of sp³-hybridized carbons (Fsp3) is 0.741. The summed E-state index contributed by atoms with van der Waals surface area (Å²) in [4.78, 5) is 39.8. The van der Waals surface area contributed by atoms with Crippen molar-refractivity contribution < 1.29 is 48.3 Å². The number of carbonyl (C=O) groups is 3. The monoisotopic (exact) mass is 516 g/mol. The van der Waals surface area contributed by atoms with Crippen LogP contribution in [0.3, 0.4) is 0 Å². The Kier molecular flexibility index (Phi) is 4.17. The predicted molar refractivity (Wildman–Crippen MR) is 121 cm³/mol. The van der Waals surface area contributed by atoms with E-state index in [1.165, 1.54) is 19.6 Å². The summed E-state index contributed by atoms with van der Waals surface area (Å²) in [5.41, 5.74) is -6.52. The highest BCUT2D eigenvalue weighted by Crippen LogP contribution is 2.88. The molecule has 2 aliphatic heterocycles. The van der Waals surface area contributed by atoms with E-state index in [9.17, 15) is 29.7 Å². The Morgan fingerprint density at radius 3 is 2.62 bits per heavy atom. The van der Waals surface area contributed by atoms with Crippen molar-refractivity contribution >= 4 is 17.7 Å². The molecule has 1 aromatic heterocycles. The highest BCUT2D eigenvalue weighted by atomic mass is 16.7. The maximum atomic E-state index is 14.0. The predicted octanol–water partition coefficient (Wildman–Crippen LogP) is 1.06. The van der Waals surface area contributed by atoms with Crippen molar-refractivity contribution in [1.82, 2.24) is 0 Å². The van der Waals surface area contributed by atoms with Gasteiger partial charge in [-0.05, 0) is 25.3 Å². The molecule has 2 spiro atoms. The van der Waals surface area contributed by atoms with Gasteiger partial charge in [0.25, 0.3) is 0 Å². The molecular weight excluding hydrogens is 484 g/mol. The molecule has 4 saturated carbocycles. The van der Waals surface area contributed by atoms with E-state index < -0.39 is 86.8 Å². The molecule has 0 radical (unpaired) electrons. The van der Waals surface area contributed by atoms with E-state index in [-0.39, 0.29) is 12.8 Å². The molecule has 10 nitrogen and oxygen atoms in total. The lowest BCUT2D eigenvalue weighted by Crippen LogP contribution is -2.64. The van der Waals surface area contributed by atoms with Crippen LogP contribution < -0.4 is 0 Å². The van der Waals surface area contributed by atoms with Gasteiger partial charge in [0.1, 0.15) is 23.4 Å². The second-order valence-electron chi connectivity index (χ2n) is 12.9. The highest BCUT2D eigenvalue weighted by Gasteiger charge is 2.99. The molecular formula is C27H32O10. The molecule has 1 aromatic rings. The van der Waals surface area contributed by atoms with Crippen molar-refractivity contribution in [1.29, 1.82) is 0 Å². The lowest BCUT2D eigenvalue weighted by molar-refractivity contribution is -0.185. The zero-order valence-corrected chi connectivity index (χ0v) is 21.2. The van der Waals surface area contributed by atoms with Gasteiger partial charge in [0.15, 0.2) is 11.9 Å². The Hall–Kier alpha value is -2.27. The first-order valence-electron chi connectivity index (χ1n) is 12.9. The Bertz CT molecular complexity index is 1240. The minimum Gasteiger partial charge on any atom is -0.472 e. The molecule has 3 N–H and O–H groups in total. The van der Waals surface area contributed by atoms with Crippen molar-refractivity contribution in [3.8, 4) is 0 Å². The van der Waals surface area contributed by atoms with Gasteiger partial charge in [0.05, 0.1) is 37.6 Å². The number of cyclic esters (lactones) is 1. The average Bonchev–Trinajstić information content (AvgIpc) is 3.11. The van der Waals surface area contributed by atoms with E-state index in [1.807, 2.05) is 6.92 Å². The average molecular weight is 517 g/mol. The number of esters is 2. The molecule has 0 aromatic carbocycles. The highest BCUT2D eigenvalue weighted by molar-refractivity contribution is 5.93. The van der Waals surface area contributed by atoms with E-state index in [0.29, 0.717) is 18.4 Å². The fourth-order valence-electron chi connectivity index (χ4n) is 10.6. The molecule has 4 aliphatic carbocycles. The van der Waals surface area contributed by atoms with Crippen molar-refractivity contribution in [3.63, 3.8) is 0 Å². The van der Waals surface area contributed by atoms with Gasteiger partial charge in [-0.25, -0.2) is 4.79 Å².